The van der Waals surface area contributed by atoms with Crippen LogP contribution in [0, 0.1) is 12.7 Å². The third-order valence-electron chi connectivity index (χ3n) is 3.07. The minimum absolute atomic E-state index is 0.336. The lowest BCUT2D eigenvalue weighted by Gasteiger charge is -2.09. The van der Waals surface area contributed by atoms with Crippen LogP contribution in [0.1, 0.15) is 4.88 Å². The molecule has 0 unspecified atom stereocenters. The fourth-order valence-corrected chi connectivity index (χ4v) is 3.64. The van der Waals surface area contributed by atoms with Gasteiger partial charge in [-0.25, -0.2) is 20.2 Å². The van der Waals surface area contributed by atoms with Gasteiger partial charge in [0.2, 0.25) is 0 Å². The number of anilines is 1. The molecule has 0 radical (unpaired) electrons. The molecule has 0 fully saturated rings. The van der Waals surface area contributed by atoms with Crippen LogP contribution in [-0.4, -0.2) is 16.2 Å². The maximum atomic E-state index is 14.2. The molecule has 21 heavy (non-hydrogen) atoms. The SMILES string of the molecule is CSc1cccc(F)c1-c1nc(NN)c2cc(C)sc2n1. The number of aryl methyl sites for hydroxylation is 1. The summed E-state index contributed by atoms with van der Waals surface area (Å²) in [6.07, 6.45) is 1.90. The molecule has 0 saturated heterocycles. The Labute approximate surface area is 129 Å². The van der Waals surface area contributed by atoms with Crippen molar-refractivity contribution < 1.29 is 4.39 Å². The van der Waals surface area contributed by atoms with E-state index in [0.717, 1.165) is 20.0 Å². The number of hydrogen-bond acceptors (Lipinski definition) is 6. The first kappa shape index (κ1) is 14.2. The molecule has 1 aromatic carbocycles. The molecule has 0 bridgehead atoms. The number of fused-ring (bicyclic) bond motifs is 1. The van der Waals surface area contributed by atoms with Crippen LogP contribution < -0.4 is 11.3 Å². The largest absolute Gasteiger partial charge is 0.308 e. The molecule has 3 rings (SSSR count). The quantitative estimate of drug-likeness (QED) is 0.436. The predicted octanol–water partition coefficient (Wildman–Crippen LogP) is 3.81. The molecule has 2 aromatic heterocycles. The summed E-state index contributed by atoms with van der Waals surface area (Å²) >= 11 is 2.99. The van der Waals surface area contributed by atoms with Gasteiger partial charge >= 0.3 is 0 Å². The zero-order chi connectivity index (χ0) is 15.0. The zero-order valence-corrected chi connectivity index (χ0v) is 13.1. The van der Waals surface area contributed by atoms with Gasteiger partial charge in [0.1, 0.15) is 10.6 Å². The van der Waals surface area contributed by atoms with E-state index < -0.39 is 0 Å². The van der Waals surface area contributed by atoms with Gasteiger partial charge in [-0.2, -0.15) is 0 Å². The number of hydrogen-bond donors (Lipinski definition) is 2. The topological polar surface area (TPSA) is 63.8 Å². The van der Waals surface area contributed by atoms with E-state index in [0.29, 0.717) is 17.2 Å². The van der Waals surface area contributed by atoms with Gasteiger partial charge in [-0.1, -0.05) is 6.07 Å². The summed E-state index contributed by atoms with van der Waals surface area (Å²) in [5, 5.41) is 0.853. The number of nitrogens with two attached hydrogens (primary N) is 1. The van der Waals surface area contributed by atoms with Crippen LogP contribution >= 0.6 is 23.1 Å². The summed E-state index contributed by atoms with van der Waals surface area (Å²) in [7, 11) is 0. The molecule has 0 spiro atoms. The second-order valence-corrected chi connectivity index (χ2v) is 6.52. The number of hydrazine groups is 1. The molecule has 2 heterocycles. The molecule has 0 atom stereocenters. The third kappa shape index (κ3) is 2.48. The van der Waals surface area contributed by atoms with E-state index in [4.69, 9.17) is 5.84 Å². The van der Waals surface area contributed by atoms with E-state index in [2.05, 4.69) is 15.4 Å². The number of thioether (sulfide) groups is 1. The van der Waals surface area contributed by atoms with Gasteiger partial charge in [0.15, 0.2) is 11.6 Å². The van der Waals surface area contributed by atoms with Crippen molar-refractivity contribution in [3.8, 4) is 11.4 Å². The van der Waals surface area contributed by atoms with Crippen LogP contribution in [0.5, 0.6) is 0 Å². The maximum absolute atomic E-state index is 14.2. The summed E-state index contributed by atoms with van der Waals surface area (Å²) in [5.41, 5.74) is 2.99. The fraction of sp³-hybridized carbons (Fsp3) is 0.143. The van der Waals surface area contributed by atoms with Crippen molar-refractivity contribution in [2.45, 2.75) is 11.8 Å². The highest BCUT2D eigenvalue weighted by Gasteiger charge is 2.17. The summed E-state index contributed by atoms with van der Waals surface area (Å²) in [6.45, 7) is 1.99. The molecule has 0 amide bonds. The summed E-state index contributed by atoms with van der Waals surface area (Å²) < 4.78 is 14.2. The average molecular weight is 320 g/mol. The number of nitrogen functional groups attached to an aromatic ring is 1. The average Bonchev–Trinajstić information content (AvgIpc) is 2.85. The Hall–Kier alpha value is -1.70. The predicted molar refractivity (Wildman–Crippen MR) is 87.1 cm³/mol. The smallest absolute Gasteiger partial charge is 0.167 e. The number of nitrogens with zero attached hydrogens (tertiary/aromatic N) is 2. The Bertz CT molecular complexity index is 816. The van der Waals surface area contributed by atoms with Crippen LogP contribution in [0.4, 0.5) is 10.2 Å². The van der Waals surface area contributed by atoms with Gasteiger partial charge in [-0.3, -0.25) is 0 Å². The van der Waals surface area contributed by atoms with Gasteiger partial charge < -0.3 is 5.43 Å². The third-order valence-corrected chi connectivity index (χ3v) is 4.80. The monoisotopic (exact) mass is 320 g/mol. The molecule has 7 heteroatoms. The molecule has 0 aliphatic carbocycles. The van der Waals surface area contributed by atoms with E-state index in [9.17, 15) is 4.39 Å². The molecular weight excluding hydrogens is 307 g/mol. The fourth-order valence-electron chi connectivity index (χ4n) is 2.16. The summed E-state index contributed by atoms with van der Waals surface area (Å²) in [5.74, 6) is 6.07. The highest BCUT2D eigenvalue weighted by molar-refractivity contribution is 7.98. The Balaban J connectivity index is 2.30. The van der Waals surface area contributed by atoms with E-state index in [1.54, 1.807) is 6.07 Å². The van der Waals surface area contributed by atoms with Crippen LogP contribution in [0.15, 0.2) is 29.2 Å². The molecular formula is C14H13FN4S2. The van der Waals surface area contributed by atoms with Crippen molar-refractivity contribution in [1.82, 2.24) is 9.97 Å². The second-order valence-electron chi connectivity index (χ2n) is 4.43. The normalized spacial score (nSPS) is 11.0. The molecule has 0 aliphatic rings. The Morgan fingerprint density at radius 3 is 2.86 bits per heavy atom. The van der Waals surface area contributed by atoms with Crippen molar-refractivity contribution in [2.24, 2.45) is 5.84 Å². The molecule has 108 valence electrons. The Morgan fingerprint density at radius 1 is 1.33 bits per heavy atom. The van der Waals surface area contributed by atoms with E-state index >= 15 is 0 Å². The molecule has 0 saturated carbocycles. The van der Waals surface area contributed by atoms with Crippen LogP contribution in [0.2, 0.25) is 0 Å². The minimum Gasteiger partial charge on any atom is -0.308 e. The van der Waals surface area contributed by atoms with Crippen LogP contribution in [0.3, 0.4) is 0 Å². The number of nitrogens with one attached hydrogen (secondary N) is 1. The second kappa shape index (κ2) is 5.59. The van der Waals surface area contributed by atoms with Crippen molar-refractivity contribution in [1.29, 1.82) is 0 Å². The molecule has 3 aromatic rings. The zero-order valence-electron chi connectivity index (χ0n) is 11.5. The number of benzene rings is 1. The van der Waals surface area contributed by atoms with Crippen molar-refractivity contribution >= 4 is 39.1 Å². The first-order chi connectivity index (χ1) is 10.1. The van der Waals surface area contributed by atoms with Crippen molar-refractivity contribution in [3.05, 3.63) is 35.0 Å². The minimum atomic E-state index is -0.336. The summed E-state index contributed by atoms with van der Waals surface area (Å²) in [4.78, 5) is 11.6. The Kier molecular flexibility index (Phi) is 3.79. The van der Waals surface area contributed by atoms with Gasteiger partial charge in [0, 0.05) is 9.77 Å². The van der Waals surface area contributed by atoms with Gasteiger partial charge in [0.05, 0.1) is 10.9 Å². The molecule has 4 nitrogen and oxygen atoms in total. The lowest BCUT2D eigenvalue weighted by molar-refractivity contribution is 0.627. The molecule has 3 N–H and O–H groups in total. The number of rotatable bonds is 3. The number of aromatic nitrogens is 2. The van der Waals surface area contributed by atoms with E-state index in [-0.39, 0.29) is 5.82 Å². The number of thiophene rings is 1. The standard InChI is InChI=1S/C14H13FN4S2/c1-7-6-8-12(19-16)17-13(18-14(8)21-7)11-9(15)4-3-5-10(11)20-2/h3-6H,16H2,1-2H3,(H,17,18,19). The highest BCUT2D eigenvalue weighted by Crippen LogP contribution is 2.35. The lowest BCUT2D eigenvalue weighted by atomic mass is 10.2. The Morgan fingerprint density at radius 2 is 2.14 bits per heavy atom. The summed E-state index contributed by atoms with van der Waals surface area (Å²) in [6, 6.07) is 6.92. The lowest BCUT2D eigenvalue weighted by Crippen LogP contribution is -2.10. The van der Waals surface area contributed by atoms with Crippen LogP contribution in [0.25, 0.3) is 21.6 Å². The van der Waals surface area contributed by atoms with Crippen molar-refractivity contribution in [3.63, 3.8) is 0 Å². The van der Waals surface area contributed by atoms with Crippen molar-refractivity contribution in [2.75, 3.05) is 11.7 Å². The molecule has 0 aliphatic heterocycles. The van der Waals surface area contributed by atoms with Crippen LogP contribution in [-0.2, 0) is 0 Å². The maximum Gasteiger partial charge on any atom is 0.167 e. The van der Waals surface area contributed by atoms with Gasteiger partial charge in [-0.05, 0) is 31.4 Å². The first-order valence-electron chi connectivity index (χ1n) is 6.21. The highest BCUT2D eigenvalue weighted by atomic mass is 32.2. The van der Waals surface area contributed by atoms with E-state index in [1.807, 2.05) is 25.3 Å². The first-order valence-corrected chi connectivity index (χ1v) is 8.26. The van der Waals surface area contributed by atoms with E-state index in [1.165, 1.54) is 29.2 Å². The van der Waals surface area contributed by atoms with Gasteiger partial charge in [0.25, 0.3) is 0 Å². The number of halogens is 1. The van der Waals surface area contributed by atoms with Gasteiger partial charge in [-0.15, -0.1) is 23.1 Å².